The summed E-state index contributed by atoms with van der Waals surface area (Å²) in [6.07, 6.45) is -0.376. The number of rotatable bonds is 20. The third-order valence-corrected chi connectivity index (χ3v) is 32.3. The van der Waals surface area contributed by atoms with Crippen LogP contribution in [0.2, 0.25) is 0 Å². The minimum Gasteiger partial charge on any atom is -0.444 e. The molecule has 10 aromatic carbocycles. The molecule has 16 nitrogen and oxygen atoms in total. The number of pyridine rings is 2. The van der Waals surface area contributed by atoms with Crippen molar-refractivity contribution in [1.82, 2.24) is 39.8 Å². The second-order valence-electron chi connectivity index (χ2n) is 34.1. The number of carbonyl (C=O) groups excluding carboxylic acids is 1. The van der Waals surface area contributed by atoms with E-state index in [1.165, 1.54) is 11.1 Å². The van der Waals surface area contributed by atoms with Crippen LogP contribution in [-0.4, -0.2) is 151 Å². The van der Waals surface area contributed by atoms with E-state index in [-0.39, 0.29) is 12.7 Å². The summed E-state index contributed by atoms with van der Waals surface area (Å²) in [6, 6.07) is 90.3. The number of nitrogens with zero attached hydrogens (tertiary/aromatic N) is 7. The highest BCUT2D eigenvalue weighted by molar-refractivity contribution is 7.78. The Morgan fingerprint density at radius 1 is 0.341 bits per heavy atom. The number of ether oxygens (including phenoxy) is 1. The average molecular weight is 1790 g/mol. The maximum absolute atomic E-state index is 15.1. The lowest BCUT2D eigenvalue weighted by Crippen LogP contribution is -2.42. The smallest absolute Gasteiger partial charge is 0.410 e. The molecule has 2 saturated heterocycles. The summed E-state index contributed by atoms with van der Waals surface area (Å²) >= 11 is 0. The van der Waals surface area contributed by atoms with Crippen LogP contribution in [0.5, 0.6) is 0 Å². The fourth-order valence-corrected chi connectivity index (χ4v) is 23.0. The van der Waals surface area contributed by atoms with E-state index in [4.69, 9.17) is 23.8 Å². The van der Waals surface area contributed by atoms with Gasteiger partial charge in [-0.3, -0.25) is 28.7 Å². The standard InChI is InChI=1S/C57H62N4O5P2.C52H54N4O3P2/c1-8-65-68(64,53-17-13-10-14-18-53)54-39-48(29-27-46-23-19-44(2)20-24-46)37-50(40-54)42-59-31-32-60(34-36-61(35-33-59)56(62)66-57(4,5)6)43-51-38-49(30-28-47-25-21-45(3)22-26-47)41-55(58-51)67(7,63)52-15-11-9-12-16-52;1-5-59-61(58,50-14-10-7-11-15-50)51-36-45(26-24-43-20-16-41(2)17-21-43)34-47(37-51)39-55-30-28-53-29-31-56(33-32-55)40-48-35-46(27-25-44-22-18-42(3)19-23-44)38-52(54-48)60(4,57)49-12-8-6-9-13-49/h9-26,37-41H,8,31-36,42-43H2,1-7H3;6-23,34-38,53H,5,28-33,39-40H2,1-4H3. The highest BCUT2D eigenvalue weighted by Gasteiger charge is 2.34. The molecular weight excluding hydrogens is 1670 g/mol. The molecule has 0 bridgehead atoms. The summed E-state index contributed by atoms with van der Waals surface area (Å²) in [4.78, 5) is 35.2. The van der Waals surface area contributed by atoms with Gasteiger partial charge in [-0.1, -0.05) is 215 Å². The molecule has 2 aromatic heterocycles. The lowest BCUT2D eigenvalue weighted by atomic mass is 10.1. The quantitative estimate of drug-likeness (QED) is 0.0565. The van der Waals surface area contributed by atoms with E-state index in [1.807, 2.05) is 291 Å². The zero-order valence-corrected chi connectivity index (χ0v) is 79.5. The van der Waals surface area contributed by atoms with E-state index in [2.05, 4.69) is 123 Å². The maximum atomic E-state index is 15.1. The van der Waals surface area contributed by atoms with Gasteiger partial charge in [-0.05, 0) is 220 Å². The van der Waals surface area contributed by atoms with Crippen LogP contribution in [-0.2, 0) is 58.2 Å². The summed E-state index contributed by atoms with van der Waals surface area (Å²) in [5.74, 6) is 26.7. The van der Waals surface area contributed by atoms with Crippen LogP contribution in [0.3, 0.4) is 0 Å². The van der Waals surface area contributed by atoms with Crippen LogP contribution in [0.25, 0.3) is 0 Å². The zero-order valence-electron chi connectivity index (χ0n) is 76.0. The first-order valence-electron chi connectivity index (χ1n) is 44.3. The topological polar surface area (TPSA) is 167 Å². The largest absolute Gasteiger partial charge is 0.444 e. The Morgan fingerprint density at radius 2 is 0.628 bits per heavy atom. The predicted molar refractivity (Wildman–Crippen MR) is 530 cm³/mol. The number of hydrogen-bond acceptors (Lipinski definition) is 15. The van der Waals surface area contributed by atoms with Crippen molar-refractivity contribution in [3.8, 4) is 47.4 Å². The molecule has 4 atom stereocenters. The molecule has 2 fully saturated rings. The van der Waals surface area contributed by atoms with Gasteiger partial charge in [-0.2, -0.15) is 0 Å². The van der Waals surface area contributed by atoms with Gasteiger partial charge in [-0.15, -0.1) is 0 Å². The molecule has 4 heterocycles. The minimum absolute atomic E-state index is 0.268. The number of hydrogen-bond donors (Lipinski definition) is 1. The van der Waals surface area contributed by atoms with Crippen LogP contribution in [0, 0.1) is 75.1 Å². The van der Waals surface area contributed by atoms with Crippen molar-refractivity contribution in [3.63, 3.8) is 0 Å². The van der Waals surface area contributed by atoms with Gasteiger partial charge in [0.15, 0.2) is 14.3 Å². The normalized spacial score (nSPS) is 15.6. The first-order chi connectivity index (χ1) is 62.1. The number of amides is 1. The van der Waals surface area contributed by atoms with Crippen LogP contribution < -0.4 is 48.0 Å². The Labute approximate surface area is 764 Å². The Hall–Kier alpha value is -11.4. The van der Waals surface area contributed by atoms with Crippen molar-refractivity contribution in [2.75, 3.05) is 105 Å². The summed E-state index contributed by atoms with van der Waals surface area (Å²) in [6.45, 7) is 32.1. The fraction of sp³-hybridized carbons (Fsp3) is 0.275. The highest BCUT2D eigenvalue weighted by Crippen LogP contribution is 2.47. The Balaban J connectivity index is 0.000000221. The molecular formula is C109H116N8O8P4. The SMILES string of the molecule is CCOP(=O)(c1ccccc1)c1cc(C#Cc2ccc(C)cc2)cc(CN2CCN(Cc3cc(C#Cc4ccc(C)cc4)cc(P(C)(=O)c4ccccc4)n3)CCN(C(=O)OC(C)(C)C)CC2)c1.CCOP(=O)(c1ccccc1)c1cc(C#Cc2ccc(C)cc2)cc(CN2CCNCCN(Cc3cc(C#Cc4ccc(C)cc4)cc(P(C)(=O)c4ccccc4)n3)CC2)c1. The third-order valence-electron chi connectivity index (χ3n) is 22.4. The molecule has 2 aliphatic rings. The van der Waals surface area contributed by atoms with Crippen molar-refractivity contribution >= 4 is 77.8 Å². The molecule has 0 radical (unpaired) electrons. The number of nitrogens with one attached hydrogen (secondary N) is 1. The minimum atomic E-state index is -3.51. The highest BCUT2D eigenvalue weighted by atomic mass is 31.2. The fourth-order valence-electron chi connectivity index (χ4n) is 15.3. The van der Waals surface area contributed by atoms with Crippen molar-refractivity contribution in [2.24, 2.45) is 0 Å². The van der Waals surface area contributed by atoms with Crippen LogP contribution in [0.1, 0.15) is 124 Å². The molecule has 0 aliphatic carbocycles. The van der Waals surface area contributed by atoms with Gasteiger partial charge in [0.05, 0.1) is 24.6 Å². The van der Waals surface area contributed by atoms with Crippen molar-refractivity contribution in [3.05, 3.63) is 368 Å². The molecule has 1 N–H and O–H groups in total. The number of benzene rings is 10. The van der Waals surface area contributed by atoms with Gasteiger partial charge in [0, 0.05) is 181 Å². The van der Waals surface area contributed by atoms with E-state index < -0.39 is 34.6 Å². The molecule has 660 valence electrons. The van der Waals surface area contributed by atoms with E-state index in [0.29, 0.717) is 104 Å². The van der Waals surface area contributed by atoms with Gasteiger partial charge in [0.1, 0.15) is 16.5 Å². The summed E-state index contributed by atoms with van der Waals surface area (Å²) < 4.78 is 77.3. The first kappa shape index (κ1) is 95.2. The zero-order chi connectivity index (χ0) is 91.0. The Bertz CT molecular complexity index is 6330. The Morgan fingerprint density at radius 3 is 0.953 bits per heavy atom. The molecule has 129 heavy (non-hydrogen) atoms. The van der Waals surface area contributed by atoms with Gasteiger partial charge < -0.3 is 33.1 Å². The Kier molecular flexibility index (Phi) is 33.1. The third kappa shape index (κ3) is 27.1. The monoisotopic (exact) mass is 1790 g/mol. The lowest BCUT2D eigenvalue weighted by Gasteiger charge is -2.29. The van der Waals surface area contributed by atoms with Gasteiger partial charge in [-0.25, -0.2) is 14.8 Å². The van der Waals surface area contributed by atoms with Crippen molar-refractivity contribution < 1.29 is 36.8 Å². The predicted octanol–water partition coefficient (Wildman–Crippen LogP) is 16.9. The van der Waals surface area contributed by atoms with Crippen LogP contribution >= 0.6 is 29.0 Å². The van der Waals surface area contributed by atoms with Crippen molar-refractivity contribution in [1.29, 1.82) is 0 Å². The van der Waals surface area contributed by atoms with E-state index in [1.54, 1.807) is 18.2 Å². The van der Waals surface area contributed by atoms with Crippen molar-refractivity contribution in [2.45, 2.75) is 94.1 Å². The van der Waals surface area contributed by atoms with Gasteiger partial charge in [0.2, 0.25) is 0 Å². The molecule has 14 rings (SSSR count). The number of aryl methyl sites for hydroxylation is 4. The van der Waals surface area contributed by atoms with Gasteiger partial charge in [0.25, 0.3) is 14.7 Å². The molecule has 0 saturated carbocycles. The average Bonchev–Trinajstić information content (AvgIpc) is 0.879. The van der Waals surface area contributed by atoms with Gasteiger partial charge >= 0.3 is 6.09 Å². The molecule has 20 heteroatoms. The molecule has 0 spiro atoms. The maximum Gasteiger partial charge on any atom is 0.410 e. The lowest BCUT2D eigenvalue weighted by molar-refractivity contribution is 0.0229. The first-order valence-corrected chi connectivity index (χ1v) is 51.8. The number of aromatic nitrogens is 2. The summed E-state index contributed by atoms with van der Waals surface area (Å²) in [7, 11) is -13.0. The summed E-state index contributed by atoms with van der Waals surface area (Å²) in [5.41, 5.74) is 15.2. The van der Waals surface area contributed by atoms with Crippen LogP contribution in [0.4, 0.5) is 4.79 Å². The van der Waals surface area contributed by atoms with E-state index >= 15 is 4.57 Å². The molecule has 2 aliphatic heterocycles. The second kappa shape index (κ2) is 44.8. The van der Waals surface area contributed by atoms with Crippen LogP contribution in [0.15, 0.2) is 279 Å². The number of carbonyl (C=O) groups is 1. The van der Waals surface area contributed by atoms with E-state index in [0.717, 1.165) is 128 Å². The molecule has 12 aromatic rings. The molecule has 1 amide bonds. The second-order valence-corrected chi connectivity index (χ2v) is 44.5. The van der Waals surface area contributed by atoms with E-state index in [9.17, 15) is 18.5 Å². The molecule has 4 unspecified atom stereocenters. The summed E-state index contributed by atoms with van der Waals surface area (Å²) in [5, 5.41) is 7.64.